The van der Waals surface area contributed by atoms with E-state index in [1.54, 1.807) is 29.3 Å². The van der Waals surface area contributed by atoms with E-state index in [-0.39, 0.29) is 24.3 Å². The van der Waals surface area contributed by atoms with Gasteiger partial charge >= 0.3 is 5.97 Å². The van der Waals surface area contributed by atoms with Gasteiger partial charge in [0.25, 0.3) is 0 Å². The van der Waals surface area contributed by atoms with Crippen LogP contribution in [-0.2, 0) is 22.1 Å². The Hall–Kier alpha value is -1.61. The third-order valence-corrected chi connectivity index (χ3v) is 5.78. The van der Waals surface area contributed by atoms with Crippen molar-refractivity contribution in [3.05, 3.63) is 12.7 Å². The van der Waals surface area contributed by atoms with Gasteiger partial charge in [-0.2, -0.15) is 0 Å². The Bertz CT molecular complexity index is 924. The van der Waals surface area contributed by atoms with E-state index in [1.807, 2.05) is 25.5 Å². The number of fused-ring (bicyclic) bond motifs is 2. The highest BCUT2D eigenvalue weighted by Gasteiger charge is 2.56. The van der Waals surface area contributed by atoms with Gasteiger partial charge in [0.1, 0.15) is 30.2 Å². The molecule has 30 heavy (non-hydrogen) atoms. The fourth-order valence-electron chi connectivity index (χ4n) is 4.02. The van der Waals surface area contributed by atoms with Crippen molar-refractivity contribution in [2.75, 3.05) is 25.9 Å². The van der Waals surface area contributed by atoms with Gasteiger partial charge in [-0.1, -0.05) is 0 Å². The number of likely N-dealkylation sites (N-methyl/N-ethyl adjacent to an activating group) is 1. The summed E-state index contributed by atoms with van der Waals surface area (Å²) < 4.78 is 25.2. The standard InChI is InChI=1S/C18H25IN6O5/c1-18(2)28-13-10(7-24(3)6-4-5-11(26)30-19)27-17(14(13)29-18)25-9-23-12-15(20)21-8-22-16(12)25/h8-10,13-14,17H,4-7H2,1-3H3,(H2,20,21,22)/t10?,13-,14-,17?/m1/s1. The second-order valence-corrected chi connectivity index (χ2v) is 8.47. The lowest BCUT2D eigenvalue weighted by molar-refractivity contribution is -0.197. The quantitative estimate of drug-likeness (QED) is 0.524. The fraction of sp³-hybridized carbons (Fsp3) is 0.667. The van der Waals surface area contributed by atoms with Gasteiger partial charge in [0.15, 0.2) is 46.5 Å². The van der Waals surface area contributed by atoms with E-state index >= 15 is 0 Å². The number of hydrogen-bond acceptors (Lipinski definition) is 10. The summed E-state index contributed by atoms with van der Waals surface area (Å²) in [6.07, 6.45) is 2.89. The van der Waals surface area contributed by atoms with Gasteiger partial charge in [-0.05, 0) is 33.9 Å². The van der Waals surface area contributed by atoms with Gasteiger partial charge in [0.2, 0.25) is 0 Å². The molecule has 12 heteroatoms. The van der Waals surface area contributed by atoms with E-state index in [2.05, 4.69) is 22.9 Å². The zero-order chi connectivity index (χ0) is 21.5. The average Bonchev–Trinajstić information content (AvgIpc) is 3.34. The van der Waals surface area contributed by atoms with Crippen LogP contribution in [0.15, 0.2) is 12.7 Å². The Labute approximate surface area is 187 Å². The third-order valence-electron chi connectivity index (χ3n) is 5.28. The second kappa shape index (κ2) is 8.49. The zero-order valence-corrected chi connectivity index (χ0v) is 19.2. The van der Waals surface area contributed by atoms with Gasteiger partial charge in [0, 0.05) is 13.0 Å². The van der Waals surface area contributed by atoms with Crippen LogP contribution in [0.25, 0.3) is 11.2 Å². The Morgan fingerprint density at radius 3 is 2.87 bits per heavy atom. The number of aromatic nitrogens is 4. The van der Waals surface area contributed by atoms with E-state index < -0.39 is 12.0 Å². The number of nitrogens with zero attached hydrogens (tertiary/aromatic N) is 5. The van der Waals surface area contributed by atoms with Crippen LogP contribution in [0.2, 0.25) is 0 Å². The van der Waals surface area contributed by atoms with E-state index in [0.29, 0.717) is 36.4 Å². The first-order valence-corrected chi connectivity index (χ1v) is 10.6. The number of nitrogens with two attached hydrogens (primary N) is 1. The van der Waals surface area contributed by atoms with Gasteiger partial charge in [-0.3, -0.25) is 9.36 Å². The predicted octanol–water partition coefficient (Wildman–Crippen LogP) is 1.43. The molecule has 0 bridgehead atoms. The Kier molecular flexibility index (Phi) is 6.12. The van der Waals surface area contributed by atoms with Crippen molar-refractivity contribution >= 4 is 46.0 Å². The van der Waals surface area contributed by atoms with E-state index in [4.69, 9.17) is 19.9 Å². The molecule has 0 radical (unpaired) electrons. The number of carbonyl (C=O) groups is 1. The molecule has 2 aromatic rings. The fourth-order valence-corrected chi connectivity index (χ4v) is 4.24. The molecule has 4 atom stereocenters. The maximum atomic E-state index is 11.3. The molecule has 2 fully saturated rings. The summed E-state index contributed by atoms with van der Waals surface area (Å²) in [7, 11) is 1.99. The maximum absolute atomic E-state index is 11.3. The lowest BCUT2D eigenvalue weighted by Crippen LogP contribution is -2.38. The van der Waals surface area contributed by atoms with Crippen LogP contribution in [-0.4, -0.2) is 74.6 Å². The van der Waals surface area contributed by atoms with Crippen LogP contribution in [0.5, 0.6) is 0 Å². The highest BCUT2D eigenvalue weighted by Crippen LogP contribution is 2.44. The lowest BCUT2D eigenvalue weighted by Gasteiger charge is -2.27. The first-order chi connectivity index (χ1) is 14.3. The van der Waals surface area contributed by atoms with Gasteiger partial charge < -0.3 is 27.9 Å². The molecule has 2 aliphatic rings. The summed E-state index contributed by atoms with van der Waals surface area (Å²) in [5, 5.41) is 0. The summed E-state index contributed by atoms with van der Waals surface area (Å²) in [4.78, 5) is 26.1. The lowest BCUT2D eigenvalue weighted by atomic mass is 10.1. The van der Waals surface area contributed by atoms with Crippen LogP contribution in [0, 0.1) is 0 Å². The van der Waals surface area contributed by atoms with Crippen molar-refractivity contribution in [1.29, 1.82) is 0 Å². The van der Waals surface area contributed by atoms with E-state index in [9.17, 15) is 4.79 Å². The van der Waals surface area contributed by atoms with E-state index in [1.165, 1.54) is 6.33 Å². The SMILES string of the molecule is CN(CCCC(=O)OI)CC1OC(n2cnc3c(N)ncnc32)[C@@H]2OC(C)(C)O[C@H]12. The second-order valence-electron chi connectivity index (χ2n) is 8.03. The third kappa shape index (κ3) is 4.23. The molecule has 2 saturated heterocycles. The van der Waals surface area contributed by atoms with Crippen molar-refractivity contribution in [2.45, 2.75) is 57.0 Å². The first-order valence-electron chi connectivity index (χ1n) is 9.73. The smallest absolute Gasteiger partial charge is 0.315 e. The molecule has 0 spiro atoms. The van der Waals surface area contributed by atoms with Crippen molar-refractivity contribution in [3.63, 3.8) is 0 Å². The number of anilines is 1. The molecule has 2 N–H and O–H groups in total. The summed E-state index contributed by atoms with van der Waals surface area (Å²) in [6, 6.07) is 0. The predicted molar refractivity (Wildman–Crippen MR) is 114 cm³/mol. The Morgan fingerprint density at radius 2 is 2.10 bits per heavy atom. The maximum Gasteiger partial charge on any atom is 0.315 e. The Morgan fingerprint density at radius 1 is 1.33 bits per heavy atom. The molecule has 2 unspecified atom stereocenters. The average molecular weight is 532 g/mol. The van der Waals surface area contributed by atoms with Crippen LogP contribution in [0.3, 0.4) is 0 Å². The molecule has 2 aromatic heterocycles. The van der Waals surface area contributed by atoms with Crippen LogP contribution < -0.4 is 5.73 Å². The topological polar surface area (TPSA) is 127 Å². The molecular formula is C18H25IN6O5. The summed E-state index contributed by atoms with van der Waals surface area (Å²) in [5.41, 5.74) is 7.04. The zero-order valence-electron chi connectivity index (χ0n) is 17.0. The van der Waals surface area contributed by atoms with Gasteiger partial charge in [0.05, 0.1) is 6.33 Å². The number of nitrogen functional groups attached to an aromatic ring is 1. The van der Waals surface area contributed by atoms with Crippen molar-refractivity contribution in [3.8, 4) is 0 Å². The number of imidazole rings is 1. The minimum absolute atomic E-state index is 0.219. The van der Waals surface area contributed by atoms with Crippen LogP contribution >= 0.6 is 23.0 Å². The minimum atomic E-state index is -0.720. The summed E-state index contributed by atoms with van der Waals surface area (Å²) in [5.74, 6) is -0.620. The molecule has 0 aliphatic carbocycles. The van der Waals surface area contributed by atoms with Crippen LogP contribution in [0.4, 0.5) is 5.82 Å². The molecular weight excluding hydrogens is 507 g/mol. The van der Waals surface area contributed by atoms with Crippen LogP contribution in [0.1, 0.15) is 32.9 Å². The molecule has 2 aliphatic heterocycles. The minimum Gasteiger partial charge on any atom is -0.394 e. The van der Waals surface area contributed by atoms with Gasteiger partial charge in [-0.25, -0.2) is 15.0 Å². The molecule has 0 saturated carbocycles. The highest BCUT2D eigenvalue weighted by atomic mass is 127. The number of carbonyl (C=O) groups excluding carboxylic acids is 1. The molecule has 11 nitrogen and oxygen atoms in total. The Balaban J connectivity index is 1.51. The van der Waals surface area contributed by atoms with Crippen molar-refractivity contribution in [1.82, 2.24) is 24.4 Å². The largest absolute Gasteiger partial charge is 0.394 e. The van der Waals surface area contributed by atoms with Crippen molar-refractivity contribution in [2.24, 2.45) is 0 Å². The molecule has 0 aromatic carbocycles. The monoisotopic (exact) mass is 532 g/mol. The van der Waals surface area contributed by atoms with E-state index in [0.717, 1.165) is 6.54 Å². The summed E-state index contributed by atoms with van der Waals surface area (Å²) >= 11 is 1.61. The molecule has 4 rings (SSSR count). The number of halogens is 1. The molecule has 164 valence electrons. The number of hydrogen-bond donors (Lipinski definition) is 1. The van der Waals surface area contributed by atoms with Crippen molar-refractivity contribution < 1.29 is 22.1 Å². The first kappa shape index (κ1) is 21.6. The summed E-state index contributed by atoms with van der Waals surface area (Å²) in [6.45, 7) is 5.14. The normalized spacial score (nSPS) is 27.6. The highest BCUT2D eigenvalue weighted by molar-refractivity contribution is 14.1. The molecule has 0 amide bonds. The number of rotatable bonds is 7. The number of ether oxygens (including phenoxy) is 3. The van der Waals surface area contributed by atoms with Gasteiger partial charge in [-0.15, -0.1) is 0 Å². The molecule has 4 heterocycles.